The van der Waals surface area contributed by atoms with Gasteiger partial charge in [0.2, 0.25) is 0 Å². The molecule has 0 amide bonds. The lowest BCUT2D eigenvalue weighted by Gasteiger charge is -2.35. The third kappa shape index (κ3) is 8.86. The molecule has 1 saturated heterocycles. The maximum Gasteiger partial charge on any atom is 0.169 e. The van der Waals surface area contributed by atoms with Crippen molar-refractivity contribution < 1.29 is 9.47 Å². The highest BCUT2D eigenvalue weighted by atomic mass is 16.7. The second-order valence-electron chi connectivity index (χ2n) is 3.64. The lowest BCUT2D eigenvalue weighted by molar-refractivity contribution is -0.119. The first-order valence-corrected chi connectivity index (χ1v) is 7.30. The summed E-state index contributed by atoms with van der Waals surface area (Å²) in [6.45, 7) is 16.8. The minimum absolute atomic E-state index is 0.0804. The predicted molar refractivity (Wildman–Crippen MR) is 79.1 cm³/mol. The second kappa shape index (κ2) is 14.9. The van der Waals surface area contributed by atoms with E-state index in [1.807, 2.05) is 27.7 Å². The summed E-state index contributed by atoms with van der Waals surface area (Å²) in [6.07, 6.45) is -0.0804. The van der Waals surface area contributed by atoms with Crippen LogP contribution < -0.4 is 0 Å². The summed E-state index contributed by atoms with van der Waals surface area (Å²) in [7, 11) is 3.38. The maximum atomic E-state index is 5.18. The molecule has 1 heterocycles. The van der Waals surface area contributed by atoms with Crippen LogP contribution in [0.25, 0.3) is 0 Å². The summed E-state index contributed by atoms with van der Waals surface area (Å²) in [4.78, 5) is 4.86. The Morgan fingerprint density at radius 3 is 1.56 bits per heavy atom. The Labute approximate surface area is 114 Å². The van der Waals surface area contributed by atoms with Gasteiger partial charge in [-0.25, -0.2) is 0 Å². The molecule has 18 heavy (non-hydrogen) atoms. The highest BCUT2D eigenvalue weighted by Gasteiger charge is 2.18. The topological polar surface area (TPSA) is 24.9 Å². The molecule has 112 valence electrons. The third-order valence-corrected chi connectivity index (χ3v) is 2.85. The van der Waals surface area contributed by atoms with Gasteiger partial charge in [0.15, 0.2) is 6.29 Å². The molecule has 0 bridgehead atoms. The van der Waals surface area contributed by atoms with Crippen molar-refractivity contribution in [3.05, 3.63) is 0 Å². The van der Waals surface area contributed by atoms with Crippen LogP contribution in [0.3, 0.4) is 0 Å². The standard InChI is InChI=1S/C10H22N2O2.2C2H6/c1-4-11-5-7-12(8-6-11)9-10(13-2)14-3;2*1-2/h10H,4-9H2,1-3H3;2*1-2H3. The van der Waals surface area contributed by atoms with E-state index in [0.29, 0.717) is 0 Å². The van der Waals surface area contributed by atoms with Gasteiger partial charge in [-0.05, 0) is 6.54 Å². The van der Waals surface area contributed by atoms with E-state index in [2.05, 4.69) is 16.7 Å². The third-order valence-electron chi connectivity index (χ3n) is 2.85. The fraction of sp³-hybridized carbons (Fsp3) is 1.00. The van der Waals surface area contributed by atoms with E-state index in [4.69, 9.17) is 9.47 Å². The van der Waals surface area contributed by atoms with Crippen molar-refractivity contribution >= 4 is 0 Å². The van der Waals surface area contributed by atoms with Gasteiger partial charge in [0.05, 0.1) is 0 Å². The first-order chi connectivity index (χ1) is 8.80. The van der Waals surface area contributed by atoms with Crippen molar-refractivity contribution in [3.63, 3.8) is 0 Å². The quantitative estimate of drug-likeness (QED) is 0.710. The molecule has 0 aliphatic carbocycles. The molecule has 1 rings (SSSR count). The number of ether oxygens (including phenoxy) is 2. The van der Waals surface area contributed by atoms with Gasteiger partial charge in [0.1, 0.15) is 0 Å². The lowest BCUT2D eigenvalue weighted by Crippen LogP contribution is -2.48. The van der Waals surface area contributed by atoms with E-state index in [1.54, 1.807) is 14.2 Å². The molecule has 4 heteroatoms. The monoisotopic (exact) mass is 262 g/mol. The number of piperazine rings is 1. The average molecular weight is 262 g/mol. The number of hydrogen-bond acceptors (Lipinski definition) is 4. The number of methoxy groups -OCH3 is 2. The molecular weight excluding hydrogens is 228 g/mol. The van der Waals surface area contributed by atoms with E-state index in [0.717, 1.165) is 39.3 Å². The number of hydrogen-bond donors (Lipinski definition) is 0. The largest absolute Gasteiger partial charge is 0.355 e. The van der Waals surface area contributed by atoms with Crippen LogP contribution in [-0.2, 0) is 9.47 Å². The Hall–Kier alpha value is -0.160. The number of nitrogens with zero attached hydrogens (tertiary/aromatic N) is 2. The van der Waals surface area contributed by atoms with E-state index < -0.39 is 0 Å². The number of likely N-dealkylation sites (N-methyl/N-ethyl adjacent to an activating group) is 1. The maximum absolute atomic E-state index is 5.18. The van der Waals surface area contributed by atoms with E-state index in [-0.39, 0.29) is 6.29 Å². The van der Waals surface area contributed by atoms with Gasteiger partial charge in [-0.2, -0.15) is 0 Å². The molecule has 0 radical (unpaired) electrons. The normalized spacial score (nSPS) is 16.7. The first-order valence-electron chi connectivity index (χ1n) is 7.30. The van der Waals surface area contributed by atoms with E-state index >= 15 is 0 Å². The molecule has 0 saturated carbocycles. The summed E-state index contributed by atoms with van der Waals surface area (Å²) in [6, 6.07) is 0. The van der Waals surface area contributed by atoms with Gasteiger partial charge in [0.25, 0.3) is 0 Å². The molecule has 0 N–H and O–H groups in total. The molecule has 0 unspecified atom stereocenters. The Bertz CT molecular complexity index is 145. The molecule has 0 atom stereocenters. The summed E-state index contributed by atoms with van der Waals surface area (Å²) < 4.78 is 10.4. The highest BCUT2D eigenvalue weighted by molar-refractivity contribution is 4.71. The van der Waals surface area contributed by atoms with E-state index in [1.165, 1.54) is 0 Å². The molecule has 4 nitrogen and oxygen atoms in total. The van der Waals surface area contributed by atoms with Gasteiger partial charge in [-0.15, -0.1) is 0 Å². The zero-order chi connectivity index (χ0) is 14.4. The molecule has 1 aliphatic rings. The lowest BCUT2D eigenvalue weighted by atomic mass is 10.3. The van der Waals surface area contributed by atoms with Crippen molar-refractivity contribution in [2.45, 2.75) is 40.9 Å². The molecule has 0 aromatic rings. The van der Waals surface area contributed by atoms with Gasteiger partial charge >= 0.3 is 0 Å². The van der Waals surface area contributed by atoms with Gasteiger partial charge < -0.3 is 14.4 Å². The Morgan fingerprint density at radius 2 is 1.22 bits per heavy atom. The second-order valence-corrected chi connectivity index (χ2v) is 3.64. The van der Waals surface area contributed by atoms with Crippen LogP contribution in [0.1, 0.15) is 34.6 Å². The number of rotatable bonds is 5. The summed E-state index contributed by atoms with van der Waals surface area (Å²) >= 11 is 0. The van der Waals surface area contributed by atoms with Gasteiger partial charge in [-0.3, -0.25) is 4.90 Å². The van der Waals surface area contributed by atoms with Crippen LogP contribution in [0.4, 0.5) is 0 Å². The Morgan fingerprint density at radius 1 is 0.833 bits per heavy atom. The van der Waals surface area contributed by atoms with Crippen LogP contribution in [0.5, 0.6) is 0 Å². The van der Waals surface area contributed by atoms with Crippen molar-refractivity contribution in [2.24, 2.45) is 0 Å². The van der Waals surface area contributed by atoms with Crippen molar-refractivity contribution in [1.82, 2.24) is 9.80 Å². The smallest absolute Gasteiger partial charge is 0.169 e. The minimum Gasteiger partial charge on any atom is -0.355 e. The molecule has 1 fully saturated rings. The van der Waals surface area contributed by atoms with Crippen LogP contribution in [0.15, 0.2) is 0 Å². The van der Waals surface area contributed by atoms with Crippen LogP contribution in [-0.4, -0.2) is 69.6 Å². The summed E-state index contributed by atoms with van der Waals surface area (Å²) in [5, 5.41) is 0. The van der Waals surface area contributed by atoms with Gasteiger partial charge in [0, 0.05) is 46.9 Å². The van der Waals surface area contributed by atoms with Crippen LogP contribution in [0.2, 0.25) is 0 Å². The predicted octanol–water partition coefficient (Wildman–Crippen LogP) is 2.30. The molecular formula is C14H34N2O2. The average Bonchev–Trinajstić information content (AvgIpc) is 2.49. The van der Waals surface area contributed by atoms with Crippen LogP contribution >= 0.6 is 0 Å². The molecule has 0 aromatic heterocycles. The van der Waals surface area contributed by atoms with Crippen molar-refractivity contribution in [1.29, 1.82) is 0 Å². The SMILES string of the molecule is CC.CC.CCN1CCN(CC(OC)OC)CC1. The minimum atomic E-state index is -0.0804. The van der Waals surface area contributed by atoms with Gasteiger partial charge in [-0.1, -0.05) is 34.6 Å². The van der Waals surface area contributed by atoms with Crippen molar-refractivity contribution in [3.8, 4) is 0 Å². The Kier molecular flexibility index (Phi) is 16.7. The Balaban J connectivity index is 0. The first kappa shape index (κ1) is 20.2. The zero-order valence-corrected chi connectivity index (χ0v) is 13.5. The fourth-order valence-corrected chi connectivity index (χ4v) is 1.74. The zero-order valence-electron chi connectivity index (χ0n) is 13.5. The molecule has 1 aliphatic heterocycles. The van der Waals surface area contributed by atoms with Crippen LogP contribution in [0, 0.1) is 0 Å². The summed E-state index contributed by atoms with van der Waals surface area (Å²) in [5.74, 6) is 0. The van der Waals surface area contributed by atoms with E-state index in [9.17, 15) is 0 Å². The van der Waals surface area contributed by atoms with Crippen molar-refractivity contribution in [2.75, 3.05) is 53.5 Å². The summed E-state index contributed by atoms with van der Waals surface area (Å²) in [5.41, 5.74) is 0. The molecule has 0 aromatic carbocycles. The fourth-order valence-electron chi connectivity index (χ4n) is 1.74. The molecule has 0 spiro atoms. The highest BCUT2D eigenvalue weighted by Crippen LogP contribution is 2.03.